The molecule has 29 heavy (non-hydrogen) atoms. The Morgan fingerprint density at radius 1 is 0.931 bits per heavy atom. The maximum Gasteiger partial charge on any atom is 0.239 e. The largest absolute Gasteiger partial charge is 0.353 e. The summed E-state index contributed by atoms with van der Waals surface area (Å²) < 4.78 is 2.03. The molecule has 152 valence electrons. The Hall–Kier alpha value is -2.59. The second kappa shape index (κ2) is 9.75. The minimum absolute atomic E-state index is 0.0621. The van der Waals surface area contributed by atoms with Crippen molar-refractivity contribution in [1.29, 1.82) is 0 Å². The van der Waals surface area contributed by atoms with Crippen molar-refractivity contribution in [2.75, 3.05) is 19.6 Å². The fourth-order valence-electron chi connectivity index (χ4n) is 4.33. The first kappa shape index (κ1) is 19.7. The Bertz CT molecular complexity index is 926. The monoisotopic (exact) mass is 389 g/mol. The van der Waals surface area contributed by atoms with E-state index in [1.165, 1.54) is 43.2 Å². The van der Waals surface area contributed by atoms with Crippen LogP contribution in [0.5, 0.6) is 0 Å². The molecule has 0 spiro atoms. The SMILES string of the molecule is O=C(Cn1ccc2ccc(-c3ccccc3)cc21)NCCNCC1CCCCC1. The molecule has 4 nitrogen and oxygen atoms in total. The van der Waals surface area contributed by atoms with Crippen molar-refractivity contribution in [1.82, 2.24) is 15.2 Å². The molecule has 4 rings (SSSR count). The van der Waals surface area contributed by atoms with Crippen molar-refractivity contribution in [2.24, 2.45) is 5.92 Å². The van der Waals surface area contributed by atoms with E-state index in [0.717, 1.165) is 29.9 Å². The maximum atomic E-state index is 12.4. The van der Waals surface area contributed by atoms with Crippen molar-refractivity contribution in [3.8, 4) is 11.1 Å². The molecule has 0 atom stereocenters. The molecule has 0 bridgehead atoms. The van der Waals surface area contributed by atoms with Crippen LogP contribution in [0.1, 0.15) is 32.1 Å². The second-order valence-corrected chi connectivity index (χ2v) is 8.14. The van der Waals surface area contributed by atoms with E-state index in [1.54, 1.807) is 0 Å². The lowest BCUT2D eigenvalue weighted by molar-refractivity contribution is -0.121. The van der Waals surface area contributed by atoms with E-state index in [9.17, 15) is 4.79 Å². The zero-order valence-corrected chi connectivity index (χ0v) is 17.1. The quantitative estimate of drug-likeness (QED) is 0.553. The standard InChI is InChI=1S/C25H31N3O/c29-25(27-15-14-26-18-20-7-3-1-4-8-20)19-28-16-13-22-11-12-23(17-24(22)28)21-9-5-2-6-10-21/h2,5-6,9-13,16-17,20,26H,1,3-4,7-8,14-15,18-19H2,(H,27,29). The average molecular weight is 390 g/mol. The van der Waals surface area contributed by atoms with Crippen molar-refractivity contribution in [3.05, 3.63) is 60.8 Å². The molecule has 0 radical (unpaired) electrons. The molecule has 0 saturated heterocycles. The Kier molecular flexibility index (Phi) is 6.63. The first-order valence-electron chi connectivity index (χ1n) is 10.9. The molecule has 2 aromatic carbocycles. The summed E-state index contributed by atoms with van der Waals surface area (Å²) in [6.45, 7) is 2.96. The number of hydrogen-bond donors (Lipinski definition) is 2. The fourth-order valence-corrected chi connectivity index (χ4v) is 4.33. The third kappa shape index (κ3) is 5.27. The minimum Gasteiger partial charge on any atom is -0.353 e. The number of fused-ring (bicyclic) bond motifs is 1. The van der Waals surface area contributed by atoms with Crippen molar-refractivity contribution in [3.63, 3.8) is 0 Å². The van der Waals surface area contributed by atoms with Crippen LogP contribution in [0.15, 0.2) is 60.8 Å². The number of carbonyl (C=O) groups excluding carboxylic acids is 1. The van der Waals surface area contributed by atoms with Crippen LogP contribution in [-0.4, -0.2) is 30.1 Å². The van der Waals surface area contributed by atoms with E-state index in [-0.39, 0.29) is 5.91 Å². The lowest BCUT2D eigenvalue weighted by Crippen LogP contribution is -2.35. The molecule has 1 aliphatic carbocycles. The maximum absolute atomic E-state index is 12.4. The number of aromatic nitrogens is 1. The zero-order chi connectivity index (χ0) is 19.9. The number of nitrogens with zero attached hydrogens (tertiary/aromatic N) is 1. The van der Waals surface area contributed by atoms with E-state index in [1.807, 2.05) is 29.0 Å². The zero-order valence-electron chi connectivity index (χ0n) is 17.1. The Labute approximate surface area is 173 Å². The van der Waals surface area contributed by atoms with E-state index in [2.05, 4.69) is 47.0 Å². The molecule has 0 aliphatic heterocycles. The van der Waals surface area contributed by atoms with Gasteiger partial charge in [-0.3, -0.25) is 4.79 Å². The molecule has 1 heterocycles. The third-order valence-corrected chi connectivity index (χ3v) is 5.98. The van der Waals surface area contributed by atoms with Gasteiger partial charge in [0.2, 0.25) is 5.91 Å². The van der Waals surface area contributed by atoms with Crippen LogP contribution in [0.25, 0.3) is 22.0 Å². The van der Waals surface area contributed by atoms with Gasteiger partial charge in [-0.25, -0.2) is 0 Å². The number of nitrogens with one attached hydrogen (secondary N) is 2. The summed E-state index contributed by atoms with van der Waals surface area (Å²) in [4.78, 5) is 12.4. The molecule has 1 aromatic heterocycles. The van der Waals surface area contributed by atoms with E-state index < -0.39 is 0 Å². The summed E-state index contributed by atoms with van der Waals surface area (Å²) >= 11 is 0. The highest BCUT2D eigenvalue weighted by atomic mass is 16.1. The van der Waals surface area contributed by atoms with Crippen LogP contribution in [0.3, 0.4) is 0 Å². The van der Waals surface area contributed by atoms with Crippen LogP contribution in [0.4, 0.5) is 0 Å². The predicted octanol–water partition coefficient (Wildman–Crippen LogP) is 4.59. The number of amides is 1. The third-order valence-electron chi connectivity index (χ3n) is 5.98. The Balaban J connectivity index is 1.28. The van der Waals surface area contributed by atoms with Gasteiger partial charge in [0, 0.05) is 24.8 Å². The predicted molar refractivity (Wildman–Crippen MR) is 120 cm³/mol. The minimum atomic E-state index is 0.0621. The highest BCUT2D eigenvalue weighted by Crippen LogP contribution is 2.25. The van der Waals surface area contributed by atoms with Gasteiger partial charge in [0.15, 0.2) is 0 Å². The van der Waals surface area contributed by atoms with E-state index in [0.29, 0.717) is 13.1 Å². The average Bonchev–Trinajstić information content (AvgIpc) is 3.17. The number of rotatable bonds is 8. The molecule has 1 aliphatic rings. The molecular formula is C25H31N3O. The summed E-state index contributed by atoms with van der Waals surface area (Å²) in [5.74, 6) is 0.886. The molecule has 1 amide bonds. The van der Waals surface area contributed by atoms with Gasteiger partial charge < -0.3 is 15.2 Å². The van der Waals surface area contributed by atoms with Crippen molar-refractivity contribution < 1.29 is 4.79 Å². The molecular weight excluding hydrogens is 358 g/mol. The van der Waals surface area contributed by atoms with Gasteiger partial charge in [-0.05, 0) is 54.0 Å². The van der Waals surface area contributed by atoms with Crippen LogP contribution in [0.2, 0.25) is 0 Å². The summed E-state index contributed by atoms with van der Waals surface area (Å²) in [6, 6.07) is 18.9. The molecule has 2 N–H and O–H groups in total. The summed E-state index contributed by atoms with van der Waals surface area (Å²) in [6.07, 6.45) is 8.85. The van der Waals surface area contributed by atoms with Gasteiger partial charge in [-0.15, -0.1) is 0 Å². The lowest BCUT2D eigenvalue weighted by atomic mass is 9.89. The Morgan fingerprint density at radius 2 is 1.76 bits per heavy atom. The second-order valence-electron chi connectivity index (χ2n) is 8.14. The number of hydrogen-bond acceptors (Lipinski definition) is 2. The van der Waals surface area contributed by atoms with Gasteiger partial charge in [-0.1, -0.05) is 61.7 Å². The first-order valence-corrected chi connectivity index (χ1v) is 10.9. The van der Waals surface area contributed by atoms with Gasteiger partial charge in [-0.2, -0.15) is 0 Å². The smallest absolute Gasteiger partial charge is 0.239 e. The molecule has 3 aromatic rings. The molecule has 0 unspecified atom stereocenters. The van der Waals surface area contributed by atoms with E-state index >= 15 is 0 Å². The van der Waals surface area contributed by atoms with Crippen LogP contribution in [-0.2, 0) is 11.3 Å². The van der Waals surface area contributed by atoms with Gasteiger partial charge in [0.1, 0.15) is 6.54 Å². The highest BCUT2D eigenvalue weighted by Gasteiger charge is 2.12. The lowest BCUT2D eigenvalue weighted by Gasteiger charge is -2.21. The van der Waals surface area contributed by atoms with Gasteiger partial charge >= 0.3 is 0 Å². The fraction of sp³-hybridized carbons (Fsp3) is 0.400. The molecule has 1 saturated carbocycles. The van der Waals surface area contributed by atoms with Crippen LogP contribution < -0.4 is 10.6 Å². The Morgan fingerprint density at radius 3 is 2.59 bits per heavy atom. The van der Waals surface area contributed by atoms with Crippen molar-refractivity contribution in [2.45, 2.75) is 38.6 Å². The topological polar surface area (TPSA) is 46.1 Å². The van der Waals surface area contributed by atoms with Crippen molar-refractivity contribution >= 4 is 16.8 Å². The molecule has 4 heteroatoms. The van der Waals surface area contributed by atoms with Gasteiger partial charge in [0.05, 0.1) is 0 Å². The first-order chi connectivity index (χ1) is 14.3. The summed E-state index contributed by atoms with van der Waals surface area (Å²) in [7, 11) is 0. The number of carbonyl (C=O) groups is 1. The normalized spacial score (nSPS) is 14.9. The van der Waals surface area contributed by atoms with E-state index in [4.69, 9.17) is 0 Å². The van der Waals surface area contributed by atoms with Gasteiger partial charge in [0.25, 0.3) is 0 Å². The summed E-state index contributed by atoms with van der Waals surface area (Å²) in [5, 5.41) is 7.71. The van der Waals surface area contributed by atoms with Crippen LogP contribution >= 0.6 is 0 Å². The summed E-state index contributed by atoms with van der Waals surface area (Å²) in [5.41, 5.74) is 3.46. The highest BCUT2D eigenvalue weighted by molar-refractivity contribution is 5.87. The van der Waals surface area contributed by atoms with Crippen LogP contribution in [0, 0.1) is 5.92 Å². The number of benzene rings is 2. The molecule has 1 fully saturated rings.